The van der Waals surface area contributed by atoms with Gasteiger partial charge < -0.3 is 62.3 Å². The Morgan fingerprint density at radius 3 is 2.06 bits per heavy atom. The normalized spacial score (nSPS) is 18.0. The van der Waals surface area contributed by atoms with Crippen LogP contribution in [-0.4, -0.2) is 149 Å². The molecule has 11 N–H and O–H groups in total. The van der Waals surface area contributed by atoms with Crippen molar-refractivity contribution in [3.8, 4) is 5.75 Å². The molecule has 388 valence electrons. The maximum absolute atomic E-state index is 14.7. The molecule has 21 nitrogen and oxygen atoms in total. The number of carbonyl (C=O) groups is 8. The van der Waals surface area contributed by atoms with E-state index in [9.17, 15) is 48.6 Å². The standard InChI is InChI=1S/C50H67N11O10S/c1-7-52-47(70)39-13-10-20-61(39)48(71)41(50(5,6)72-49(2,3)4)60-45(68)35(21-28-14-16-31(63)17-15-28)56-46(69)38(26-62)59-43(66)36(22-29-24-53-33-12-9-8-11-32(29)33)57-44(67)37(23-30-25-51-27-54-30)58-42(65)34-18-19-40(64)55-34/h8-9,11-12,14-17,24-25,27,34-39,41,53,62-63H,7,10,13,18-23,26H2,1-6H3,(H,51,54)(H,52,70)(H,55,64)(H,56,69)(H,57,67)(H,58,65)(H,59,66)(H,60,68)/t34-,35-,36-,37-,38-,39-,41-/m0/s1. The van der Waals surface area contributed by atoms with Gasteiger partial charge in [-0.05, 0) is 69.4 Å². The third-order valence-electron chi connectivity index (χ3n) is 12.5. The third kappa shape index (κ3) is 14.4. The zero-order chi connectivity index (χ0) is 52.3. The Kier molecular flexibility index (Phi) is 18.1. The first-order chi connectivity index (χ1) is 34.2. The molecule has 22 heteroatoms. The lowest BCUT2D eigenvalue weighted by Gasteiger charge is -2.41. The zero-order valence-electron chi connectivity index (χ0n) is 41.4. The number of benzene rings is 2. The molecular formula is C50H67N11O10S. The predicted molar refractivity (Wildman–Crippen MR) is 269 cm³/mol. The Hall–Kier alpha value is -6.94. The molecule has 6 rings (SSSR count). The third-order valence-corrected chi connectivity index (χ3v) is 13.8. The van der Waals surface area contributed by atoms with E-state index in [1.165, 1.54) is 41.3 Å². The number of carbonyl (C=O) groups excluding carboxylic acids is 8. The van der Waals surface area contributed by atoms with Crippen molar-refractivity contribution in [2.24, 2.45) is 0 Å². The first-order valence-electron chi connectivity index (χ1n) is 24.2. The molecule has 0 unspecified atom stereocenters. The van der Waals surface area contributed by atoms with Gasteiger partial charge in [-0.2, -0.15) is 0 Å². The Bertz CT molecular complexity index is 2580. The number of para-hydroxylation sites is 1. The van der Waals surface area contributed by atoms with E-state index >= 15 is 0 Å². The number of aromatic nitrogens is 3. The molecule has 2 aromatic heterocycles. The van der Waals surface area contributed by atoms with Gasteiger partial charge in [-0.1, -0.05) is 51.1 Å². The van der Waals surface area contributed by atoms with Gasteiger partial charge in [0.05, 0.1) is 12.9 Å². The van der Waals surface area contributed by atoms with E-state index in [4.69, 9.17) is 0 Å². The summed E-state index contributed by atoms with van der Waals surface area (Å²) in [4.78, 5) is 122. The summed E-state index contributed by atoms with van der Waals surface area (Å²) in [5, 5.41) is 40.5. The number of phenols is 1. The molecule has 0 bridgehead atoms. The number of H-pyrrole nitrogens is 2. The van der Waals surface area contributed by atoms with Crippen LogP contribution in [0.5, 0.6) is 5.75 Å². The van der Waals surface area contributed by atoms with Gasteiger partial charge in [0.1, 0.15) is 48.0 Å². The number of imidazole rings is 1. The van der Waals surface area contributed by atoms with E-state index in [-0.39, 0.29) is 56.2 Å². The van der Waals surface area contributed by atoms with Crippen molar-refractivity contribution in [1.82, 2.24) is 57.1 Å². The van der Waals surface area contributed by atoms with Gasteiger partial charge in [0.15, 0.2) is 0 Å². The van der Waals surface area contributed by atoms with Gasteiger partial charge in [0, 0.05) is 77.3 Å². The lowest BCUT2D eigenvalue weighted by Crippen LogP contribution is -2.64. The number of aliphatic hydroxyl groups is 1. The van der Waals surface area contributed by atoms with Crippen LogP contribution in [0.1, 0.15) is 84.0 Å². The number of hydrogen-bond donors (Lipinski definition) is 11. The van der Waals surface area contributed by atoms with Gasteiger partial charge in [-0.3, -0.25) is 38.4 Å². The van der Waals surface area contributed by atoms with Crippen LogP contribution >= 0.6 is 11.8 Å². The fourth-order valence-electron chi connectivity index (χ4n) is 9.11. The van der Waals surface area contributed by atoms with Gasteiger partial charge in [-0.15, -0.1) is 11.8 Å². The summed E-state index contributed by atoms with van der Waals surface area (Å²) in [6.07, 6.45) is 5.58. The van der Waals surface area contributed by atoms with Gasteiger partial charge in [-0.25, -0.2) is 4.98 Å². The number of likely N-dealkylation sites (tertiary alicyclic amines) is 1. The van der Waals surface area contributed by atoms with Crippen LogP contribution < -0.4 is 37.2 Å². The van der Waals surface area contributed by atoms with Crippen molar-refractivity contribution >= 4 is 69.9 Å². The quantitative estimate of drug-likeness (QED) is 0.0520. The molecule has 2 aliphatic rings. The second kappa shape index (κ2) is 24.0. The molecule has 7 atom stereocenters. The fourth-order valence-corrected chi connectivity index (χ4v) is 11.0. The maximum Gasteiger partial charge on any atom is 0.247 e. The molecular weight excluding hydrogens is 947 g/mol. The van der Waals surface area contributed by atoms with Gasteiger partial charge in [0.2, 0.25) is 47.3 Å². The van der Waals surface area contributed by atoms with Crippen molar-refractivity contribution in [3.05, 3.63) is 84.1 Å². The summed E-state index contributed by atoms with van der Waals surface area (Å²) >= 11 is 1.45. The van der Waals surface area contributed by atoms with E-state index in [1.807, 2.05) is 52.8 Å². The topological polar surface area (TPSA) is 309 Å². The molecule has 2 saturated heterocycles. The molecule has 72 heavy (non-hydrogen) atoms. The number of nitrogens with zero attached hydrogens (tertiary/aromatic N) is 2. The van der Waals surface area contributed by atoms with Crippen molar-refractivity contribution in [1.29, 1.82) is 0 Å². The molecule has 0 radical (unpaired) electrons. The Morgan fingerprint density at radius 2 is 1.43 bits per heavy atom. The van der Waals surface area contributed by atoms with Crippen molar-refractivity contribution in [2.45, 2.75) is 138 Å². The molecule has 2 aromatic carbocycles. The zero-order valence-corrected chi connectivity index (χ0v) is 42.2. The largest absolute Gasteiger partial charge is 0.508 e. The lowest BCUT2D eigenvalue weighted by atomic mass is 9.98. The number of likely N-dealkylation sites (N-methyl/N-ethyl adjacent to an activating group) is 1. The number of aromatic amines is 2. The minimum Gasteiger partial charge on any atom is -0.508 e. The first-order valence-corrected chi connectivity index (χ1v) is 25.0. The molecule has 2 fully saturated rings. The van der Waals surface area contributed by atoms with E-state index in [0.717, 1.165) is 10.9 Å². The highest BCUT2D eigenvalue weighted by molar-refractivity contribution is 8.02. The Labute approximate surface area is 422 Å². The number of amides is 8. The van der Waals surface area contributed by atoms with Crippen LogP contribution in [0.15, 0.2) is 67.3 Å². The van der Waals surface area contributed by atoms with E-state index < -0.39 is 93.8 Å². The number of aromatic hydroxyl groups is 1. The fraction of sp³-hybridized carbons (Fsp3) is 0.500. The second-order valence-corrected chi connectivity index (χ2v) is 22.1. The van der Waals surface area contributed by atoms with Crippen molar-refractivity contribution in [3.63, 3.8) is 0 Å². The van der Waals surface area contributed by atoms with Crippen LogP contribution in [0.25, 0.3) is 10.9 Å². The molecule has 0 aliphatic carbocycles. The van der Waals surface area contributed by atoms with E-state index in [2.05, 4.69) is 52.2 Å². The number of rotatable bonds is 22. The number of thioether (sulfide) groups is 1. The van der Waals surface area contributed by atoms with Gasteiger partial charge >= 0.3 is 0 Å². The Morgan fingerprint density at radius 1 is 0.792 bits per heavy atom. The lowest BCUT2D eigenvalue weighted by molar-refractivity contribution is -0.142. The summed E-state index contributed by atoms with van der Waals surface area (Å²) in [6, 6.07) is 4.60. The maximum atomic E-state index is 14.7. The highest BCUT2D eigenvalue weighted by Crippen LogP contribution is 2.39. The minimum atomic E-state index is -1.69. The van der Waals surface area contributed by atoms with Gasteiger partial charge in [0.25, 0.3) is 0 Å². The van der Waals surface area contributed by atoms with E-state index in [1.54, 1.807) is 31.3 Å². The molecule has 4 heterocycles. The van der Waals surface area contributed by atoms with Crippen LogP contribution in [-0.2, 0) is 57.6 Å². The van der Waals surface area contributed by atoms with E-state index in [0.29, 0.717) is 36.2 Å². The summed E-state index contributed by atoms with van der Waals surface area (Å²) in [7, 11) is 0. The van der Waals surface area contributed by atoms with Crippen LogP contribution in [0.4, 0.5) is 0 Å². The molecule has 4 aromatic rings. The summed E-state index contributed by atoms with van der Waals surface area (Å²) in [6.45, 7) is 11.1. The molecule has 0 spiro atoms. The molecule has 8 amide bonds. The highest BCUT2D eigenvalue weighted by Gasteiger charge is 2.46. The number of nitrogens with one attached hydrogen (secondary N) is 9. The minimum absolute atomic E-state index is 0.0441. The average molecular weight is 1010 g/mol. The number of phenolic OH excluding ortho intramolecular Hbond substituents is 1. The smallest absolute Gasteiger partial charge is 0.247 e. The van der Waals surface area contributed by atoms with Crippen molar-refractivity contribution in [2.75, 3.05) is 19.7 Å². The average Bonchev–Trinajstić information content (AvgIpc) is 4.18. The van der Waals surface area contributed by atoms with Crippen LogP contribution in [0.3, 0.4) is 0 Å². The van der Waals surface area contributed by atoms with Crippen LogP contribution in [0.2, 0.25) is 0 Å². The summed E-state index contributed by atoms with van der Waals surface area (Å²) in [5.74, 6) is -5.16. The first kappa shape index (κ1) is 54.4. The number of hydrogen-bond acceptors (Lipinski definition) is 12. The monoisotopic (exact) mass is 1010 g/mol. The second-order valence-electron chi connectivity index (χ2n) is 19.6. The van der Waals surface area contributed by atoms with Crippen molar-refractivity contribution < 1.29 is 48.6 Å². The summed E-state index contributed by atoms with van der Waals surface area (Å²) in [5.41, 5.74) is 2.36. The molecule has 0 saturated carbocycles. The predicted octanol–water partition coefficient (Wildman–Crippen LogP) is 0.757. The number of aliphatic hydroxyl groups excluding tert-OH is 1. The Balaban J connectivity index is 1.27. The van der Waals surface area contributed by atoms with Crippen LogP contribution in [0, 0.1) is 0 Å². The number of fused-ring (bicyclic) bond motifs is 1. The summed E-state index contributed by atoms with van der Waals surface area (Å²) < 4.78 is -1.36. The molecule has 2 aliphatic heterocycles. The SMILES string of the molecule is CCNC(=O)[C@@H]1CCCN1C(=O)[C@H](NC(=O)[C@H](Cc1ccc(O)cc1)NC(=O)[C@H](CO)NC(=O)[C@H](Cc1c[nH]c2ccccc12)NC(=O)[C@H](Cc1cnc[nH]1)NC(=O)[C@@H]1CCC(=O)N1)C(C)(C)SC(C)(C)C. The highest BCUT2D eigenvalue weighted by atomic mass is 32.2.